The number of aryl methyl sites for hydroxylation is 1. The van der Waals surface area contributed by atoms with Crippen molar-refractivity contribution in [3.8, 4) is 5.75 Å². The van der Waals surface area contributed by atoms with Gasteiger partial charge in [0.25, 0.3) is 0 Å². The maximum absolute atomic E-state index is 12.6. The van der Waals surface area contributed by atoms with Gasteiger partial charge in [0, 0.05) is 12.1 Å². The van der Waals surface area contributed by atoms with Crippen LogP contribution in [0, 0.1) is 6.92 Å². The first-order valence-corrected chi connectivity index (χ1v) is 9.75. The van der Waals surface area contributed by atoms with Crippen LogP contribution in [-0.2, 0) is 11.2 Å². The van der Waals surface area contributed by atoms with Gasteiger partial charge >= 0.3 is 6.09 Å². The highest BCUT2D eigenvalue weighted by Gasteiger charge is 2.33. The molecule has 0 aromatic heterocycles. The molecule has 0 saturated carbocycles. The van der Waals surface area contributed by atoms with E-state index >= 15 is 0 Å². The van der Waals surface area contributed by atoms with E-state index < -0.39 is 5.60 Å². The molecule has 1 unspecified atom stereocenters. The summed E-state index contributed by atoms with van der Waals surface area (Å²) in [4.78, 5) is 14.4. The van der Waals surface area contributed by atoms with Crippen LogP contribution in [0.3, 0.4) is 0 Å². The summed E-state index contributed by atoms with van der Waals surface area (Å²) in [6, 6.07) is 4.25. The molecule has 1 amide bonds. The second-order valence-corrected chi connectivity index (χ2v) is 8.45. The number of nitrogens with one attached hydrogen (secondary N) is 1. The number of carbonyl (C=O) groups excluding carboxylic acids is 1. The zero-order chi connectivity index (χ0) is 18.9. The Morgan fingerprint density at radius 1 is 1.23 bits per heavy atom. The van der Waals surface area contributed by atoms with Crippen LogP contribution in [0.2, 0.25) is 0 Å². The van der Waals surface area contributed by atoms with Gasteiger partial charge in [0.1, 0.15) is 17.5 Å². The topological polar surface area (TPSA) is 50.8 Å². The molecule has 5 nitrogen and oxygen atoms in total. The summed E-state index contributed by atoms with van der Waals surface area (Å²) >= 11 is 0. The first-order valence-electron chi connectivity index (χ1n) is 9.75. The van der Waals surface area contributed by atoms with Gasteiger partial charge in [-0.2, -0.15) is 0 Å². The normalized spacial score (nSPS) is 21.3. The molecule has 26 heavy (non-hydrogen) atoms. The predicted octanol–water partition coefficient (Wildman–Crippen LogP) is 3.98. The Labute approximate surface area is 157 Å². The number of ether oxygens (including phenoxy) is 2. The number of fused-ring (bicyclic) bond motifs is 1. The Balaban J connectivity index is 1.82. The van der Waals surface area contributed by atoms with Crippen molar-refractivity contribution < 1.29 is 14.3 Å². The molecule has 0 bridgehead atoms. The fourth-order valence-electron chi connectivity index (χ4n) is 3.82. The van der Waals surface area contributed by atoms with Crippen LogP contribution in [0.4, 0.5) is 4.79 Å². The fraction of sp³-hybridized carbons (Fsp3) is 0.667. The van der Waals surface area contributed by atoms with E-state index in [4.69, 9.17) is 9.47 Å². The summed E-state index contributed by atoms with van der Waals surface area (Å²) in [6.45, 7) is 12.6. The highest BCUT2D eigenvalue weighted by Crippen LogP contribution is 2.38. The number of hydrogen-bond acceptors (Lipinski definition) is 4. The summed E-state index contributed by atoms with van der Waals surface area (Å²) in [5, 5.41) is 3.38. The average Bonchev–Trinajstić information content (AvgIpc) is 2.57. The fourth-order valence-corrected chi connectivity index (χ4v) is 3.82. The molecule has 5 heteroatoms. The predicted molar refractivity (Wildman–Crippen MR) is 103 cm³/mol. The monoisotopic (exact) mass is 360 g/mol. The second kappa shape index (κ2) is 7.47. The Hall–Kier alpha value is -1.75. The summed E-state index contributed by atoms with van der Waals surface area (Å²) in [5.74, 6) is 1.03. The zero-order valence-electron chi connectivity index (χ0n) is 16.7. The van der Waals surface area contributed by atoms with Gasteiger partial charge in [-0.15, -0.1) is 0 Å². The molecule has 1 atom stereocenters. The van der Waals surface area contributed by atoms with Crippen molar-refractivity contribution >= 4 is 6.09 Å². The molecule has 144 valence electrons. The van der Waals surface area contributed by atoms with E-state index in [2.05, 4.69) is 31.3 Å². The lowest BCUT2D eigenvalue weighted by atomic mass is 9.91. The van der Waals surface area contributed by atoms with Gasteiger partial charge in [0.2, 0.25) is 0 Å². The first-order chi connectivity index (χ1) is 12.3. The Bertz CT molecular complexity index is 660. The number of hydrogen-bond donors (Lipinski definition) is 1. The summed E-state index contributed by atoms with van der Waals surface area (Å²) in [7, 11) is 0. The molecule has 2 aliphatic rings. The molecule has 1 aromatic rings. The van der Waals surface area contributed by atoms with Gasteiger partial charge in [-0.1, -0.05) is 12.1 Å². The smallest absolute Gasteiger partial charge is 0.410 e. The highest BCUT2D eigenvalue weighted by molar-refractivity contribution is 5.70. The van der Waals surface area contributed by atoms with Crippen LogP contribution in [0.5, 0.6) is 5.75 Å². The number of nitrogens with zero attached hydrogens (tertiary/aromatic N) is 1. The molecule has 1 fully saturated rings. The molecule has 0 radical (unpaired) electrons. The quantitative estimate of drug-likeness (QED) is 0.867. The molecule has 3 rings (SSSR count). The van der Waals surface area contributed by atoms with Crippen LogP contribution >= 0.6 is 0 Å². The summed E-state index contributed by atoms with van der Waals surface area (Å²) in [5.41, 5.74) is 3.14. The van der Waals surface area contributed by atoms with Crippen molar-refractivity contribution in [3.63, 3.8) is 0 Å². The van der Waals surface area contributed by atoms with Crippen molar-refractivity contribution in [2.45, 2.75) is 71.6 Å². The van der Waals surface area contributed by atoms with Crippen LogP contribution in [0.25, 0.3) is 0 Å². The van der Waals surface area contributed by atoms with Gasteiger partial charge in [-0.25, -0.2) is 4.79 Å². The third-order valence-corrected chi connectivity index (χ3v) is 5.21. The number of amides is 1. The van der Waals surface area contributed by atoms with Gasteiger partial charge in [0.05, 0.1) is 6.04 Å². The van der Waals surface area contributed by atoms with E-state index in [1.807, 2.05) is 25.7 Å². The lowest BCUT2D eigenvalue weighted by Crippen LogP contribution is -2.42. The van der Waals surface area contributed by atoms with E-state index in [1.54, 1.807) is 0 Å². The van der Waals surface area contributed by atoms with E-state index in [1.165, 1.54) is 16.7 Å². The molecule has 2 aliphatic heterocycles. The Morgan fingerprint density at radius 3 is 2.58 bits per heavy atom. The van der Waals surface area contributed by atoms with Crippen LogP contribution in [-0.4, -0.2) is 42.3 Å². The van der Waals surface area contributed by atoms with Crippen molar-refractivity contribution in [3.05, 3.63) is 28.8 Å². The maximum atomic E-state index is 12.6. The third kappa shape index (κ3) is 4.14. The van der Waals surface area contributed by atoms with E-state index in [0.717, 1.165) is 38.1 Å². The van der Waals surface area contributed by atoms with Crippen molar-refractivity contribution in [2.75, 3.05) is 19.6 Å². The number of rotatable bonds is 2. The minimum atomic E-state index is -0.479. The minimum absolute atomic E-state index is 0.00966. The summed E-state index contributed by atoms with van der Waals surface area (Å²) in [6.07, 6.45) is 2.93. The van der Waals surface area contributed by atoms with Gasteiger partial charge < -0.3 is 19.7 Å². The van der Waals surface area contributed by atoms with E-state index in [0.29, 0.717) is 6.54 Å². The van der Waals surface area contributed by atoms with Crippen molar-refractivity contribution in [2.24, 2.45) is 0 Å². The average molecular weight is 360 g/mol. The highest BCUT2D eigenvalue weighted by atomic mass is 16.6. The van der Waals surface area contributed by atoms with Crippen LogP contribution < -0.4 is 10.1 Å². The number of carbonyl (C=O) groups is 1. The zero-order valence-corrected chi connectivity index (χ0v) is 16.7. The third-order valence-electron chi connectivity index (χ3n) is 5.21. The summed E-state index contributed by atoms with van der Waals surface area (Å²) < 4.78 is 12.0. The Morgan fingerprint density at radius 2 is 1.92 bits per heavy atom. The van der Waals surface area contributed by atoms with Gasteiger partial charge in [-0.3, -0.25) is 0 Å². The van der Waals surface area contributed by atoms with Crippen molar-refractivity contribution in [1.82, 2.24) is 10.2 Å². The molecule has 0 spiro atoms. The van der Waals surface area contributed by atoms with Crippen LogP contribution in [0.1, 0.15) is 63.3 Å². The van der Waals surface area contributed by atoms with Crippen molar-refractivity contribution in [1.29, 1.82) is 0 Å². The van der Waals surface area contributed by atoms with Gasteiger partial charge in [0.15, 0.2) is 0 Å². The molecular formula is C21H32N2O3. The van der Waals surface area contributed by atoms with Crippen LogP contribution in [0.15, 0.2) is 12.1 Å². The maximum Gasteiger partial charge on any atom is 0.410 e. The molecule has 2 heterocycles. The minimum Gasteiger partial charge on any atom is -0.490 e. The molecule has 1 aromatic carbocycles. The Kier molecular flexibility index (Phi) is 5.47. The molecule has 1 N–H and O–H groups in total. The standard InChI is InChI=1S/C21H32N2O3/c1-14-6-7-17-15(2)23(20(24)26-21(3,4)5)13-10-18(17)19(14)25-16-8-11-22-12-9-16/h6-7,15-16,22H,8-13H2,1-5H3. The van der Waals surface area contributed by atoms with E-state index in [9.17, 15) is 4.79 Å². The lowest BCUT2D eigenvalue weighted by molar-refractivity contribution is 0.0157. The second-order valence-electron chi connectivity index (χ2n) is 8.45. The SMILES string of the molecule is Cc1ccc2c(c1OC1CCNCC1)CCN(C(=O)OC(C)(C)C)C2C. The van der Waals surface area contributed by atoms with E-state index in [-0.39, 0.29) is 18.2 Å². The number of benzene rings is 1. The number of piperidine rings is 1. The molecular weight excluding hydrogens is 328 g/mol. The van der Waals surface area contributed by atoms with Gasteiger partial charge in [-0.05, 0) is 78.1 Å². The first kappa shape index (κ1) is 19.0. The largest absolute Gasteiger partial charge is 0.490 e. The molecule has 1 saturated heterocycles. The molecule has 0 aliphatic carbocycles. The lowest BCUT2D eigenvalue weighted by Gasteiger charge is -2.37.